The highest BCUT2D eigenvalue weighted by atomic mass is 16.1. The predicted molar refractivity (Wildman–Crippen MR) is 133 cm³/mol. The van der Waals surface area contributed by atoms with E-state index in [4.69, 9.17) is 0 Å². The molecule has 0 atom stereocenters. The van der Waals surface area contributed by atoms with Crippen LogP contribution in [0.2, 0.25) is 0 Å². The molecule has 162 valence electrons. The zero-order valence-corrected chi connectivity index (χ0v) is 18.4. The maximum atomic E-state index is 13.2. The van der Waals surface area contributed by atoms with Crippen molar-refractivity contribution in [1.82, 2.24) is 14.3 Å². The molecule has 0 saturated carbocycles. The third kappa shape index (κ3) is 3.61. The summed E-state index contributed by atoms with van der Waals surface area (Å²) in [4.78, 5) is 25.1. The van der Waals surface area contributed by atoms with Crippen LogP contribution in [0.15, 0.2) is 90.5 Å². The number of carbonyl (C=O) groups is 1. The van der Waals surface area contributed by atoms with Crippen LogP contribution in [0.4, 0.5) is 5.69 Å². The van der Waals surface area contributed by atoms with E-state index in [1.54, 1.807) is 15.3 Å². The quantitative estimate of drug-likeness (QED) is 0.320. The van der Waals surface area contributed by atoms with E-state index in [1.165, 1.54) is 6.08 Å². The highest BCUT2D eigenvalue weighted by Crippen LogP contribution is 2.31. The zero-order valence-electron chi connectivity index (χ0n) is 18.4. The molecule has 0 aliphatic heterocycles. The van der Waals surface area contributed by atoms with Gasteiger partial charge in [-0.15, -0.1) is 0 Å². The van der Waals surface area contributed by atoms with E-state index in [9.17, 15) is 9.59 Å². The maximum Gasteiger partial charge on any atom is 0.255 e. The standard InChI is InChI=1S/C27H22N4O2/c1-4-25(32)29-24-14-22(11-5-17(24)2)31-26(33)12-10-19-8-6-18-7-9-20(13-23(18)27(19)31)21-15-28-30(3)16-21/h4-16H,1H2,2-3H3,(H,29,32). The molecule has 2 aromatic heterocycles. The van der Waals surface area contributed by atoms with Crippen molar-refractivity contribution in [3.63, 3.8) is 0 Å². The summed E-state index contributed by atoms with van der Waals surface area (Å²) >= 11 is 0. The Hall–Kier alpha value is -4.45. The second kappa shape index (κ2) is 7.91. The minimum absolute atomic E-state index is 0.147. The SMILES string of the molecule is C=CC(=O)Nc1cc(-n2c(=O)ccc3ccc4ccc(-c5cnn(C)c5)cc4c32)ccc1C. The maximum absolute atomic E-state index is 13.2. The van der Waals surface area contributed by atoms with Crippen LogP contribution in [0.3, 0.4) is 0 Å². The van der Waals surface area contributed by atoms with Crippen molar-refractivity contribution in [2.75, 3.05) is 5.32 Å². The van der Waals surface area contributed by atoms with E-state index < -0.39 is 0 Å². The number of hydrogen-bond donors (Lipinski definition) is 1. The summed E-state index contributed by atoms with van der Waals surface area (Å²) in [6.45, 7) is 5.42. The van der Waals surface area contributed by atoms with Crippen LogP contribution >= 0.6 is 0 Å². The Morgan fingerprint density at radius 1 is 1.00 bits per heavy atom. The first-order chi connectivity index (χ1) is 15.9. The number of pyridine rings is 1. The molecule has 5 rings (SSSR count). The lowest BCUT2D eigenvalue weighted by Crippen LogP contribution is -2.18. The predicted octanol–water partition coefficient (Wildman–Crippen LogP) is 4.98. The molecular formula is C27H22N4O2. The molecule has 0 aliphatic carbocycles. The number of nitrogens with zero attached hydrogens (tertiary/aromatic N) is 3. The Labute approximate surface area is 190 Å². The summed E-state index contributed by atoms with van der Waals surface area (Å²) < 4.78 is 3.47. The summed E-state index contributed by atoms with van der Waals surface area (Å²) in [6.07, 6.45) is 5.02. The van der Waals surface area contributed by atoms with Crippen LogP contribution in [0.25, 0.3) is 38.5 Å². The van der Waals surface area contributed by atoms with Crippen molar-refractivity contribution >= 4 is 33.3 Å². The molecule has 1 amide bonds. The molecule has 0 spiro atoms. The molecule has 1 N–H and O–H groups in total. The second-order valence-corrected chi connectivity index (χ2v) is 8.04. The topological polar surface area (TPSA) is 68.9 Å². The number of fused-ring (bicyclic) bond motifs is 3. The summed E-state index contributed by atoms with van der Waals surface area (Å²) in [5, 5.41) is 10.0. The van der Waals surface area contributed by atoms with Crippen LogP contribution in [0, 0.1) is 6.92 Å². The molecule has 0 aliphatic rings. The van der Waals surface area contributed by atoms with Gasteiger partial charge in [-0.3, -0.25) is 18.8 Å². The number of amides is 1. The van der Waals surface area contributed by atoms with Gasteiger partial charge >= 0.3 is 0 Å². The van der Waals surface area contributed by atoms with Crippen molar-refractivity contribution in [3.8, 4) is 16.8 Å². The van der Waals surface area contributed by atoms with Crippen LogP contribution in [-0.4, -0.2) is 20.3 Å². The summed E-state index contributed by atoms with van der Waals surface area (Å²) in [5.41, 5.74) is 4.90. The van der Waals surface area contributed by atoms with Gasteiger partial charge < -0.3 is 5.32 Å². The number of benzene rings is 3. The van der Waals surface area contributed by atoms with Gasteiger partial charge in [-0.2, -0.15) is 5.10 Å². The van der Waals surface area contributed by atoms with Gasteiger partial charge in [-0.1, -0.05) is 36.9 Å². The molecular weight excluding hydrogens is 412 g/mol. The lowest BCUT2D eigenvalue weighted by Gasteiger charge is -2.15. The summed E-state index contributed by atoms with van der Waals surface area (Å²) in [7, 11) is 1.89. The third-order valence-electron chi connectivity index (χ3n) is 5.83. The van der Waals surface area contributed by atoms with E-state index in [-0.39, 0.29) is 11.5 Å². The number of anilines is 1. The van der Waals surface area contributed by atoms with Crippen LogP contribution in [0.5, 0.6) is 0 Å². The fourth-order valence-electron chi connectivity index (χ4n) is 4.12. The molecule has 0 unspecified atom stereocenters. The normalized spacial score (nSPS) is 11.1. The first kappa shape index (κ1) is 20.5. The van der Waals surface area contributed by atoms with Gasteiger partial charge in [0.05, 0.1) is 17.4 Å². The smallest absolute Gasteiger partial charge is 0.255 e. The third-order valence-corrected chi connectivity index (χ3v) is 5.83. The van der Waals surface area contributed by atoms with Crippen molar-refractivity contribution < 1.29 is 4.79 Å². The first-order valence-corrected chi connectivity index (χ1v) is 10.6. The van der Waals surface area contributed by atoms with Gasteiger partial charge in [0, 0.05) is 35.9 Å². The first-order valence-electron chi connectivity index (χ1n) is 10.6. The number of carbonyl (C=O) groups excluding carboxylic acids is 1. The Morgan fingerprint density at radius 3 is 2.52 bits per heavy atom. The molecule has 33 heavy (non-hydrogen) atoms. The average Bonchev–Trinajstić information content (AvgIpc) is 3.26. The number of nitrogens with one attached hydrogen (secondary N) is 1. The Morgan fingerprint density at radius 2 is 1.76 bits per heavy atom. The van der Waals surface area contributed by atoms with Gasteiger partial charge in [0.2, 0.25) is 5.91 Å². The van der Waals surface area contributed by atoms with Crippen molar-refractivity contribution in [3.05, 3.63) is 102 Å². The van der Waals surface area contributed by atoms with Gasteiger partial charge in [0.1, 0.15) is 0 Å². The fourth-order valence-corrected chi connectivity index (χ4v) is 4.12. The number of hydrogen-bond acceptors (Lipinski definition) is 3. The van der Waals surface area contributed by atoms with Crippen LogP contribution < -0.4 is 10.9 Å². The van der Waals surface area contributed by atoms with Crippen LogP contribution in [0.1, 0.15) is 5.56 Å². The van der Waals surface area contributed by atoms with E-state index in [0.29, 0.717) is 11.4 Å². The number of rotatable bonds is 4. The molecule has 0 saturated heterocycles. The molecule has 0 radical (unpaired) electrons. The highest BCUT2D eigenvalue weighted by molar-refractivity contribution is 6.07. The number of aromatic nitrogens is 3. The lowest BCUT2D eigenvalue weighted by atomic mass is 10.0. The Bertz CT molecular complexity index is 1630. The average molecular weight is 434 g/mol. The highest BCUT2D eigenvalue weighted by Gasteiger charge is 2.13. The molecule has 0 bridgehead atoms. The number of aryl methyl sites for hydroxylation is 2. The molecule has 3 aromatic carbocycles. The van der Waals surface area contributed by atoms with Gasteiger partial charge in [-0.25, -0.2) is 0 Å². The monoisotopic (exact) mass is 434 g/mol. The Kier molecular flexibility index (Phi) is 4.90. The van der Waals surface area contributed by atoms with Crippen molar-refractivity contribution in [2.45, 2.75) is 6.92 Å². The van der Waals surface area contributed by atoms with Crippen molar-refractivity contribution in [2.24, 2.45) is 7.05 Å². The minimum Gasteiger partial charge on any atom is -0.322 e. The van der Waals surface area contributed by atoms with E-state index >= 15 is 0 Å². The largest absolute Gasteiger partial charge is 0.322 e. The van der Waals surface area contributed by atoms with Gasteiger partial charge in [0.25, 0.3) is 5.56 Å². The lowest BCUT2D eigenvalue weighted by molar-refractivity contribution is -0.111. The molecule has 2 heterocycles. The minimum atomic E-state index is -0.299. The van der Waals surface area contributed by atoms with E-state index in [2.05, 4.69) is 41.3 Å². The fraction of sp³-hybridized carbons (Fsp3) is 0.0741. The van der Waals surface area contributed by atoms with E-state index in [0.717, 1.165) is 38.4 Å². The molecule has 5 aromatic rings. The zero-order chi connectivity index (χ0) is 23.1. The molecule has 6 heteroatoms. The second-order valence-electron chi connectivity index (χ2n) is 8.04. The molecule has 0 fully saturated rings. The van der Waals surface area contributed by atoms with Gasteiger partial charge in [-0.05, 0) is 59.2 Å². The summed E-state index contributed by atoms with van der Waals surface area (Å²) in [6, 6.07) is 19.3. The van der Waals surface area contributed by atoms with Crippen molar-refractivity contribution in [1.29, 1.82) is 0 Å². The van der Waals surface area contributed by atoms with Crippen LogP contribution in [-0.2, 0) is 11.8 Å². The van der Waals surface area contributed by atoms with Gasteiger partial charge in [0.15, 0.2) is 0 Å². The Balaban J connectivity index is 1.80. The van der Waals surface area contributed by atoms with E-state index in [1.807, 2.05) is 56.7 Å². The summed E-state index contributed by atoms with van der Waals surface area (Å²) in [5.74, 6) is -0.299. The molecule has 6 nitrogen and oxygen atoms in total.